The first-order valence-corrected chi connectivity index (χ1v) is 8.96. The summed E-state index contributed by atoms with van der Waals surface area (Å²) in [6.07, 6.45) is 0. The molecule has 3 heterocycles. The number of ether oxygens (including phenoxy) is 2. The van der Waals surface area contributed by atoms with Gasteiger partial charge in [-0.1, -0.05) is 11.2 Å². The highest BCUT2D eigenvalue weighted by Gasteiger charge is 2.37. The molecule has 0 saturated carbocycles. The van der Waals surface area contributed by atoms with Gasteiger partial charge in [0.1, 0.15) is 11.5 Å². The minimum Gasteiger partial charge on any atom is -0.497 e. The zero-order valence-corrected chi connectivity index (χ0v) is 15.2. The highest BCUT2D eigenvalue weighted by molar-refractivity contribution is 7.13. The molecule has 1 aromatic carbocycles. The van der Waals surface area contributed by atoms with Crippen LogP contribution in [0, 0.1) is 0 Å². The molecule has 0 atom stereocenters. The van der Waals surface area contributed by atoms with Gasteiger partial charge in [-0.15, -0.1) is 11.3 Å². The lowest BCUT2D eigenvalue weighted by atomic mass is 9.98. The Hall–Kier alpha value is -2.87. The maximum absolute atomic E-state index is 12.7. The number of likely N-dealkylation sites (tertiary alicyclic amines) is 1. The molecular formula is C18H17N3O4S. The summed E-state index contributed by atoms with van der Waals surface area (Å²) in [5.41, 5.74) is 0.511. The van der Waals surface area contributed by atoms with Crippen molar-refractivity contribution in [2.45, 2.75) is 5.92 Å². The van der Waals surface area contributed by atoms with Crippen molar-refractivity contribution in [2.75, 3.05) is 27.3 Å². The molecule has 2 aromatic heterocycles. The van der Waals surface area contributed by atoms with E-state index in [1.807, 2.05) is 17.5 Å². The van der Waals surface area contributed by atoms with Crippen LogP contribution in [0.2, 0.25) is 0 Å². The van der Waals surface area contributed by atoms with Crippen LogP contribution in [0.25, 0.3) is 10.7 Å². The summed E-state index contributed by atoms with van der Waals surface area (Å²) in [7, 11) is 3.11. The molecule has 1 amide bonds. The van der Waals surface area contributed by atoms with Crippen LogP contribution < -0.4 is 9.47 Å². The Balaban J connectivity index is 1.44. The summed E-state index contributed by atoms with van der Waals surface area (Å²) in [6, 6.07) is 9.07. The van der Waals surface area contributed by atoms with E-state index in [0.717, 1.165) is 4.88 Å². The van der Waals surface area contributed by atoms with E-state index in [1.165, 1.54) is 7.11 Å². The molecule has 1 saturated heterocycles. The normalized spacial score (nSPS) is 14.2. The summed E-state index contributed by atoms with van der Waals surface area (Å²) in [5, 5.41) is 5.99. The molecule has 0 radical (unpaired) electrons. The number of rotatable bonds is 5. The van der Waals surface area contributed by atoms with Gasteiger partial charge in [0.15, 0.2) is 0 Å². The molecule has 4 rings (SSSR count). The van der Waals surface area contributed by atoms with E-state index in [0.29, 0.717) is 41.9 Å². The van der Waals surface area contributed by atoms with E-state index in [2.05, 4.69) is 10.1 Å². The van der Waals surface area contributed by atoms with Crippen LogP contribution in [0.15, 0.2) is 40.2 Å². The minimum atomic E-state index is -0.0845. The van der Waals surface area contributed by atoms with Crippen molar-refractivity contribution in [2.24, 2.45) is 0 Å². The maximum atomic E-state index is 12.7. The number of thiophene rings is 1. The second-order valence-electron chi connectivity index (χ2n) is 5.91. The fourth-order valence-electron chi connectivity index (χ4n) is 2.85. The number of aromatic nitrogens is 2. The van der Waals surface area contributed by atoms with E-state index >= 15 is 0 Å². The third-order valence-corrected chi connectivity index (χ3v) is 5.21. The smallest absolute Gasteiger partial charge is 0.257 e. The highest BCUT2D eigenvalue weighted by atomic mass is 32.1. The number of methoxy groups -OCH3 is 2. The van der Waals surface area contributed by atoms with Crippen LogP contribution >= 0.6 is 11.3 Å². The first-order valence-electron chi connectivity index (χ1n) is 8.08. The molecule has 1 aliphatic heterocycles. The van der Waals surface area contributed by atoms with Crippen LogP contribution in [-0.2, 0) is 0 Å². The zero-order chi connectivity index (χ0) is 18.1. The first-order chi connectivity index (χ1) is 12.7. The predicted molar refractivity (Wildman–Crippen MR) is 95.8 cm³/mol. The molecule has 134 valence electrons. The lowest BCUT2D eigenvalue weighted by Gasteiger charge is -2.37. The van der Waals surface area contributed by atoms with E-state index in [1.54, 1.807) is 41.5 Å². The molecule has 0 unspecified atom stereocenters. The molecule has 7 nitrogen and oxygen atoms in total. The van der Waals surface area contributed by atoms with Crippen LogP contribution in [0.5, 0.6) is 11.5 Å². The van der Waals surface area contributed by atoms with Gasteiger partial charge in [0.25, 0.3) is 5.91 Å². The molecule has 0 aliphatic carbocycles. The van der Waals surface area contributed by atoms with Crippen molar-refractivity contribution in [1.82, 2.24) is 15.0 Å². The number of hydrogen-bond donors (Lipinski definition) is 0. The van der Waals surface area contributed by atoms with Gasteiger partial charge in [0, 0.05) is 19.2 Å². The summed E-state index contributed by atoms with van der Waals surface area (Å²) in [6.45, 7) is 1.08. The molecule has 0 spiro atoms. The van der Waals surface area contributed by atoms with Crippen LogP contribution in [-0.4, -0.2) is 48.3 Å². The van der Waals surface area contributed by atoms with Gasteiger partial charge in [-0.2, -0.15) is 4.98 Å². The standard InChI is InChI=1S/C18H17N3O4S/c1-23-12-5-6-13(14(8-12)24-2)18(22)21-9-11(10-21)17-19-16(20-25-17)15-4-3-7-26-15/h3-8,11H,9-10H2,1-2H3. The second kappa shape index (κ2) is 6.80. The second-order valence-corrected chi connectivity index (χ2v) is 6.85. The van der Waals surface area contributed by atoms with Crippen molar-refractivity contribution < 1.29 is 18.8 Å². The van der Waals surface area contributed by atoms with Crippen LogP contribution in [0.4, 0.5) is 0 Å². The first kappa shape index (κ1) is 16.6. The van der Waals surface area contributed by atoms with E-state index in [9.17, 15) is 4.79 Å². The lowest BCUT2D eigenvalue weighted by molar-refractivity contribution is 0.0566. The van der Waals surface area contributed by atoms with E-state index in [-0.39, 0.29) is 11.8 Å². The Labute approximate surface area is 154 Å². The van der Waals surface area contributed by atoms with Gasteiger partial charge >= 0.3 is 0 Å². The lowest BCUT2D eigenvalue weighted by Crippen LogP contribution is -2.48. The number of nitrogens with zero attached hydrogens (tertiary/aromatic N) is 3. The Morgan fingerprint density at radius 1 is 1.27 bits per heavy atom. The third-order valence-electron chi connectivity index (χ3n) is 4.34. The van der Waals surface area contributed by atoms with Gasteiger partial charge in [0.05, 0.1) is 30.6 Å². The monoisotopic (exact) mass is 371 g/mol. The van der Waals surface area contributed by atoms with Crippen molar-refractivity contribution >= 4 is 17.2 Å². The van der Waals surface area contributed by atoms with Crippen LogP contribution in [0.3, 0.4) is 0 Å². The number of amides is 1. The summed E-state index contributed by atoms with van der Waals surface area (Å²) < 4.78 is 15.9. The zero-order valence-electron chi connectivity index (χ0n) is 14.3. The largest absolute Gasteiger partial charge is 0.497 e. The Kier molecular flexibility index (Phi) is 4.34. The van der Waals surface area contributed by atoms with Gasteiger partial charge in [-0.05, 0) is 23.6 Å². The molecule has 3 aromatic rings. The SMILES string of the molecule is COc1ccc(C(=O)N2CC(c3nc(-c4cccs4)no3)C2)c(OC)c1. The van der Waals surface area contributed by atoms with Gasteiger partial charge in [-0.3, -0.25) is 4.79 Å². The topological polar surface area (TPSA) is 77.7 Å². The molecule has 1 aliphatic rings. The fourth-order valence-corrected chi connectivity index (χ4v) is 3.50. The predicted octanol–water partition coefficient (Wildman–Crippen LogP) is 3.05. The van der Waals surface area contributed by atoms with Gasteiger partial charge in [-0.25, -0.2) is 0 Å². The minimum absolute atomic E-state index is 0.0596. The molecule has 26 heavy (non-hydrogen) atoms. The quantitative estimate of drug-likeness (QED) is 0.686. The Bertz CT molecular complexity index is 916. The van der Waals surface area contributed by atoms with E-state index < -0.39 is 0 Å². The molecule has 1 fully saturated rings. The van der Waals surface area contributed by atoms with Crippen molar-refractivity contribution in [3.63, 3.8) is 0 Å². The summed E-state index contributed by atoms with van der Waals surface area (Å²) in [5.74, 6) is 2.28. The molecular weight excluding hydrogens is 354 g/mol. The molecule has 8 heteroatoms. The number of hydrogen-bond acceptors (Lipinski definition) is 7. The number of benzene rings is 1. The summed E-state index contributed by atoms with van der Waals surface area (Å²) in [4.78, 5) is 19.9. The average molecular weight is 371 g/mol. The van der Waals surface area contributed by atoms with Crippen LogP contribution in [0.1, 0.15) is 22.2 Å². The fraction of sp³-hybridized carbons (Fsp3) is 0.278. The van der Waals surface area contributed by atoms with Gasteiger partial charge in [0.2, 0.25) is 11.7 Å². The number of carbonyl (C=O) groups is 1. The van der Waals surface area contributed by atoms with Gasteiger partial charge < -0.3 is 18.9 Å². The summed E-state index contributed by atoms with van der Waals surface area (Å²) >= 11 is 1.56. The Morgan fingerprint density at radius 2 is 2.12 bits per heavy atom. The molecule has 0 N–H and O–H groups in total. The van der Waals surface area contributed by atoms with Crippen molar-refractivity contribution in [3.8, 4) is 22.2 Å². The third kappa shape index (κ3) is 2.92. The molecule has 0 bridgehead atoms. The highest BCUT2D eigenvalue weighted by Crippen LogP contribution is 2.32. The number of carbonyl (C=O) groups excluding carboxylic acids is 1. The van der Waals surface area contributed by atoms with E-state index in [4.69, 9.17) is 14.0 Å². The average Bonchev–Trinajstić information content (AvgIpc) is 3.31. The van der Waals surface area contributed by atoms with Crippen molar-refractivity contribution in [3.05, 3.63) is 47.2 Å². The maximum Gasteiger partial charge on any atom is 0.257 e. The Morgan fingerprint density at radius 3 is 2.81 bits per heavy atom. The van der Waals surface area contributed by atoms with Crippen molar-refractivity contribution in [1.29, 1.82) is 0 Å².